The van der Waals surface area contributed by atoms with Gasteiger partial charge in [-0.3, -0.25) is 9.59 Å². The molecule has 2 amide bonds. The van der Waals surface area contributed by atoms with Gasteiger partial charge in [-0.1, -0.05) is 60.7 Å². The molecule has 4 heteroatoms. The van der Waals surface area contributed by atoms with E-state index in [1.54, 1.807) is 12.2 Å². The first-order valence-electron chi connectivity index (χ1n) is 9.32. The van der Waals surface area contributed by atoms with Crippen molar-refractivity contribution in [3.63, 3.8) is 0 Å². The molecular weight excluding hydrogens is 336 g/mol. The fourth-order valence-corrected chi connectivity index (χ4v) is 3.05. The van der Waals surface area contributed by atoms with Crippen molar-refractivity contribution >= 4 is 24.0 Å². The quantitative estimate of drug-likeness (QED) is 0.823. The number of carbonyl (C=O) groups is 2. The lowest BCUT2D eigenvalue weighted by molar-refractivity contribution is -0.129. The summed E-state index contributed by atoms with van der Waals surface area (Å²) in [6.07, 6.45) is 8.09. The van der Waals surface area contributed by atoms with Crippen molar-refractivity contribution in [1.82, 2.24) is 10.2 Å². The second-order valence-electron chi connectivity index (χ2n) is 6.55. The number of amides is 2. The van der Waals surface area contributed by atoms with Crippen LogP contribution in [-0.2, 0) is 9.59 Å². The average Bonchev–Trinajstić information content (AvgIpc) is 2.73. The van der Waals surface area contributed by atoms with E-state index in [-0.39, 0.29) is 11.8 Å². The second kappa shape index (κ2) is 9.53. The van der Waals surface area contributed by atoms with Crippen molar-refractivity contribution in [2.75, 3.05) is 13.1 Å². The third-order valence-corrected chi connectivity index (χ3v) is 4.47. The zero-order valence-corrected chi connectivity index (χ0v) is 15.3. The zero-order chi connectivity index (χ0) is 18.9. The van der Waals surface area contributed by atoms with Crippen molar-refractivity contribution < 1.29 is 9.59 Å². The van der Waals surface area contributed by atoms with Gasteiger partial charge in [0.1, 0.15) is 5.70 Å². The van der Waals surface area contributed by atoms with Gasteiger partial charge in [0, 0.05) is 19.2 Å². The van der Waals surface area contributed by atoms with Crippen LogP contribution in [0.5, 0.6) is 0 Å². The normalized spacial score (nSPS) is 15.0. The summed E-state index contributed by atoms with van der Waals surface area (Å²) in [6, 6.07) is 19.2. The Morgan fingerprint density at radius 3 is 2.04 bits per heavy atom. The van der Waals surface area contributed by atoms with E-state index in [4.69, 9.17) is 0 Å². The van der Waals surface area contributed by atoms with Crippen LogP contribution in [0.3, 0.4) is 0 Å². The summed E-state index contributed by atoms with van der Waals surface area (Å²) in [6.45, 7) is 1.47. The average molecular weight is 360 g/mol. The zero-order valence-electron chi connectivity index (χ0n) is 15.3. The van der Waals surface area contributed by atoms with Crippen LogP contribution in [0.15, 0.2) is 72.4 Å². The SMILES string of the molecule is O=C(/C=C/c1ccccc1)N/C(=C\c1ccccc1)C(=O)N1CCCCC1. The molecule has 27 heavy (non-hydrogen) atoms. The van der Waals surface area contributed by atoms with Crippen LogP contribution >= 0.6 is 0 Å². The fraction of sp³-hybridized carbons (Fsp3) is 0.217. The topological polar surface area (TPSA) is 49.4 Å². The van der Waals surface area contributed by atoms with Gasteiger partial charge in [-0.25, -0.2) is 0 Å². The molecule has 0 atom stereocenters. The first kappa shape index (κ1) is 18.6. The van der Waals surface area contributed by atoms with Gasteiger partial charge >= 0.3 is 0 Å². The Balaban J connectivity index is 1.77. The van der Waals surface area contributed by atoms with E-state index < -0.39 is 0 Å². The molecule has 0 bridgehead atoms. The Bertz CT molecular complexity index is 820. The standard InChI is InChI=1S/C23H24N2O2/c26-22(15-14-19-10-4-1-5-11-19)24-21(18-20-12-6-2-7-13-20)23(27)25-16-8-3-9-17-25/h1-2,4-7,10-15,18H,3,8-9,16-17H2,(H,24,26)/b15-14+,21-18-. The Morgan fingerprint density at radius 2 is 1.41 bits per heavy atom. The molecule has 0 saturated carbocycles. The molecule has 1 N–H and O–H groups in total. The number of hydrogen-bond acceptors (Lipinski definition) is 2. The molecule has 3 rings (SSSR count). The summed E-state index contributed by atoms with van der Waals surface area (Å²) in [7, 11) is 0. The van der Waals surface area contributed by atoms with Crippen molar-refractivity contribution in [2.24, 2.45) is 0 Å². The maximum Gasteiger partial charge on any atom is 0.270 e. The number of piperidine rings is 1. The number of nitrogens with one attached hydrogen (secondary N) is 1. The van der Waals surface area contributed by atoms with Crippen LogP contribution in [0, 0.1) is 0 Å². The first-order valence-corrected chi connectivity index (χ1v) is 9.32. The van der Waals surface area contributed by atoms with Crippen molar-refractivity contribution in [1.29, 1.82) is 0 Å². The van der Waals surface area contributed by atoms with E-state index in [2.05, 4.69) is 5.32 Å². The molecule has 1 aliphatic heterocycles. The highest BCUT2D eigenvalue weighted by Crippen LogP contribution is 2.14. The number of likely N-dealkylation sites (tertiary alicyclic amines) is 1. The molecule has 1 fully saturated rings. The third-order valence-electron chi connectivity index (χ3n) is 4.47. The fourth-order valence-electron chi connectivity index (χ4n) is 3.05. The molecule has 1 aliphatic rings. The predicted molar refractivity (Wildman–Crippen MR) is 108 cm³/mol. The van der Waals surface area contributed by atoms with Gasteiger partial charge in [0.15, 0.2) is 0 Å². The summed E-state index contributed by atoms with van der Waals surface area (Å²) < 4.78 is 0. The molecule has 138 valence electrons. The van der Waals surface area contributed by atoms with Crippen LogP contribution in [0.2, 0.25) is 0 Å². The van der Waals surface area contributed by atoms with E-state index in [0.717, 1.165) is 43.5 Å². The Hall–Kier alpha value is -3.14. The van der Waals surface area contributed by atoms with E-state index in [0.29, 0.717) is 5.70 Å². The van der Waals surface area contributed by atoms with Crippen molar-refractivity contribution in [3.05, 3.63) is 83.6 Å². The number of rotatable bonds is 5. The first-order chi connectivity index (χ1) is 13.2. The summed E-state index contributed by atoms with van der Waals surface area (Å²) in [4.78, 5) is 27.1. The third kappa shape index (κ3) is 5.68. The van der Waals surface area contributed by atoms with Crippen molar-refractivity contribution in [3.8, 4) is 0 Å². The lowest BCUT2D eigenvalue weighted by atomic mass is 10.1. The maximum absolute atomic E-state index is 12.9. The van der Waals surface area contributed by atoms with Gasteiger partial charge in [0.25, 0.3) is 5.91 Å². The molecule has 1 saturated heterocycles. The van der Waals surface area contributed by atoms with Crippen LogP contribution in [0.4, 0.5) is 0 Å². The number of carbonyl (C=O) groups excluding carboxylic acids is 2. The highest BCUT2D eigenvalue weighted by atomic mass is 16.2. The molecule has 4 nitrogen and oxygen atoms in total. The van der Waals surface area contributed by atoms with E-state index in [1.807, 2.05) is 65.6 Å². The molecule has 0 unspecified atom stereocenters. The molecule has 0 radical (unpaired) electrons. The second-order valence-corrected chi connectivity index (χ2v) is 6.55. The predicted octanol–water partition coefficient (Wildman–Crippen LogP) is 3.87. The number of benzene rings is 2. The molecule has 2 aromatic rings. The molecular formula is C23H24N2O2. The van der Waals surface area contributed by atoms with Crippen LogP contribution in [-0.4, -0.2) is 29.8 Å². The Morgan fingerprint density at radius 1 is 0.815 bits per heavy atom. The van der Waals surface area contributed by atoms with Gasteiger partial charge < -0.3 is 10.2 Å². The van der Waals surface area contributed by atoms with Gasteiger partial charge in [0.2, 0.25) is 5.91 Å². The summed E-state index contributed by atoms with van der Waals surface area (Å²) in [5.74, 6) is -0.439. The monoisotopic (exact) mass is 360 g/mol. The highest BCUT2D eigenvalue weighted by molar-refractivity contribution is 6.04. The van der Waals surface area contributed by atoms with Crippen LogP contribution in [0.25, 0.3) is 12.2 Å². The Kier molecular flexibility index (Phi) is 6.58. The number of hydrogen-bond donors (Lipinski definition) is 1. The van der Waals surface area contributed by atoms with Crippen molar-refractivity contribution in [2.45, 2.75) is 19.3 Å². The summed E-state index contributed by atoms with van der Waals surface area (Å²) in [5, 5.41) is 2.78. The smallest absolute Gasteiger partial charge is 0.270 e. The Labute approximate surface area is 160 Å². The van der Waals surface area contributed by atoms with Gasteiger partial charge in [-0.15, -0.1) is 0 Å². The van der Waals surface area contributed by atoms with Crippen LogP contribution in [0.1, 0.15) is 30.4 Å². The lowest BCUT2D eigenvalue weighted by Crippen LogP contribution is -2.40. The number of nitrogens with zero attached hydrogens (tertiary/aromatic N) is 1. The molecule has 0 spiro atoms. The van der Waals surface area contributed by atoms with Gasteiger partial charge in [0.05, 0.1) is 0 Å². The van der Waals surface area contributed by atoms with E-state index in [9.17, 15) is 9.59 Å². The minimum atomic E-state index is -0.314. The van der Waals surface area contributed by atoms with E-state index >= 15 is 0 Å². The largest absolute Gasteiger partial charge is 0.337 e. The lowest BCUT2D eigenvalue weighted by Gasteiger charge is -2.27. The minimum Gasteiger partial charge on any atom is -0.337 e. The minimum absolute atomic E-state index is 0.125. The van der Waals surface area contributed by atoms with E-state index in [1.165, 1.54) is 6.08 Å². The molecule has 0 aromatic heterocycles. The molecule has 1 heterocycles. The molecule has 2 aromatic carbocycles. The van der Waals surface area contributed by atoms with Crippen LogP contribution < -0.4 is 5.32 Å². The van der Waals surface area contributed by atoms with Gasteiger partial charge in [-0.2, -0.15) is 0 Å². The molecule has 0 aliphatic carbocycles. The summed E-state index contributed by atoms with van der Waals surface area (Å²) >= 11 is 0. The van der Waals surface area contributed by atoms with Gasteiger partial charge in [-0.05, 0) is 42.5 Å². The summed E-state index contributed by atoms with van der Waals surface area (Å²) in [5.41, 5.74) is 2.12. The highest BCUT2D eigenvalue weighted by Gasteiger charge is 2.21. The maximum atomic E-state index is 12.9.